The van der Waals surface area contributed by atoms with Gasteiger partial charge < -0.3 is 19.2 Å². The molecular weight excluding hydrogens is 382 g/mol. The lowest BCUT2D eigenvalue weighted by Crippen LogP contribution is -2.31. The van der Waals surface area contributed by atoms with E-state index in [1.54, 1.807) is 6.07 Å². The summed E-state index contributed by atoms with van der Waals surface area (Å²) < 4.78 is 16.4. The van der Waals surface area contributed by atoms with Crippen molar-refractivity contribution in [2.75, 3.05) is 13.2 Å². The van der Waals surface area contributed by atoms with Crippen LogP contribution < -0.4 is 5.32 Å². The maximum absolute atomic E-state index is 12.6. The van der Waals surface area contributed by atoms with Gasteiger partial charge in [-0.1, -0.05) is 49.4 Å². The molecule has 1 amide bonds. The molecular formula is C24H27NO5. The molecule has 3 rings (SSSR count). The molecule has 1 heterocycles. The molecule has 6 nitrogen and oxygen atoms in total. The predicted molar refractivity (Wildman–Crippen MR) is 114 cm³/mol. The zero-order chi connectivity index (χ0) is 21.5. The van der Waals surface area contributed by atoms with Crippen LogP contribution in [-0.2, 0) is 27.3 Å². The van der Waals surface area contributed by atoms with Crippen LogP contribution in [0.25, 0.3) is 11.0 Å². The van der Waals surface area contributed by atoms with Gasteiger partial charge in [-0.15, -0.1) is 0 Å². The summed E-state index contributed by atoms with van der Waals surface area (Å²) >= 11 is 0. The quantitative estimate of drug-likeness (QED) is 0.524. The number of aryl methyl sites for hydroxylation is 1. The van der Waals surface area contributed by atoms with Crippen LogP contribution in [0.15, 0.2) is 52.9 Å². The first-order chi connectivity index (χ1) is 14.5. The number of hydrogen-bond acceptors (Lipinski definition) is 5. The topological polar surface area (TPSA) is 77.8 Å². The summed E-state index contributed by atoms with van der Waals surface area (Å²) in [4.78, 5) is 24.8. The highest BCUT2D eigenvalue weighted by Gasteiger charge is 2.23. The highest BCUT2D eigenvalue weighted by atomic mass is 16.5. The number of ether oxygens (including phenoxy) is 2. The van der Waals surface area contributed by atoms with Crippen molar-refractivity contribution in [2.24, 2.45) is 0 Å². The van der Waals surface area contributed by atoms with Crippen molar-refractivity contribution >= 4 is 22.8 Å². The SMILES string of the molecule is CCOCc1c(C(=O)OCC(=O)N[C@H](C)c2ccc(CC)cc2)oc2ccccc12. The second kappa shape index (κ2) is 10.1. The van der Waals surface area contributed by atoms with Crippen LogP contribution in [0.1, 0.15) is 54.1 Å². The zero-order valence-corrected chi connectivity index (χ0v) is 17.6. The smallest absolute Gasteiger partial charge is 0.375 e. The predicted octanol–water partition coefficient (Wildman–Crippen LogP) is 4.57. The fourth-order valence-electron chi connectivity index (χ4n) is 3.22. The maximum atomic E-state index is 12.6. The largest absolute Gasteiger partial charge is 0.450 e. The second-order valence-corrected chi connectivity index (χ2v) is 7.00. The zero-order valence-electron chi connectivity index (χ0n) is 17.6. The average Bonchev–Trinajstić information content (AvgIpc) is 3.14. The summed E-state index contributed by atoms with van der Waals surface area (Å²) in [5.74, 6) is -0.991. The highest BCUT2D eigenvalue weighted by molar-refractivity contribution is 5.96. The monoisotopic (exact) mass is 409 g/mol. The molecule has 0 spiro atoms. The third-order valence-electron chi connectivity index (χ3n) is 4.93. The Kier molecular flexibility index (Phi) is 7.25. The van der Waals surface area contributed by atoms with Gasteiger partial charge in [-0.2, -0.15) is 0 Å². The molecule has 0 bridgehead atoms. The van der Waals surface area contributed by atoms with E-state index in [2.05, 4.69) is 12.2 Å². The molecule has 1 N–H and O–H groups in total. The molecule has 0 aliphatic rings. The summed E-state index contributed by atoms with van der Waals surface area (Å²) in [6.45, 7) is 6.21. The average molecular weight is 409 g/mol. The highest BCUT2D eigenvalue weighted by Crippen LogP contribution is 2.27. The van der Waals surface area contributed by atoms with Crippen LogP contribution in [0.4, 0.5) is 0 Å². The number of amides is 1. The summed E-state index contributed by atoms with van der Waals surface area (Å²) in [6.07, 6.45) is 0.962. The lowest BCUT2D eigenvalue weighted by atomic mass is 10.1. The van der Waals surface area contributed by atoms with Crippen LogP contribution in [0.5, 0.6) is 0 Å². The number of furan rings is 1. The van der Waals surface area contributed by atoms with E-state index < -0.39 is 5.97 Å². The minimum absolute atomic E-state index is 0.0700. The van der Waals surface area contributed by atoms with E-state index in [0.29, 0.717) is 17.8 Å². The molecule has 3 aromatic rings. The van der Waals surface area contributed by atoms with Gasteiger partial charge in [0.1, 0.15) is 5.58 Å². The van der Waals surface area contributed by atoms with E-state index in [4.69, 9.17) is 13.9 Å². The number of fused-ring (bicyclic) bond motifs is 1. The molecule has 0 fully saturated rings. The van der Waals surface area contributed by atoms with Gasteiger partial charge >= 0.3 is 5.97 Å². The third kappa shape index (κ3) is 5.07. The summed E-state index contributed by atoms with van der Waals surface area (Å²) in [5.41, 5.74) is 3.43. The van der Waals surface area contributed by atoms with E-state index in [0.717, 1.165) is 17.4 Å². The van der Waals surface area contributed by atoms with Gasteiger partial charge in [-0.3, -0.25) is 4.79 Å². The Morgan fingerprint density at radius 2 is 1.80 bits per heavy atom. The molecule has 6 heteroatoms. The van der Waals surface area contributed by atoms with Gasteiger partial charge in [0.25, 0.3) is 5.91 Å². The van der Waals surface area contributed by atoms with Crippen LogP contribution in [-0.4, -0.2) is 25.1 Å². The number of esters is 1. The Balaban J connectivity index is 1.62. The molecule has 2 aromatic carbocycles. The lowest BCUT2D eigenvalue weighted by molar-refractivity contribution is -0.124. The molecule has 0 unspecified atom stereocenters. The number of para-hydroxylation sites is 1. The molecule has 1 atom stereocenters. The van der Waals surface area contributed by atoms with Crippen LogP contribution in [0.2, 0.25) is 0 Å². The van der Waals surface area contributed by atoms with Crippen molar-refractivity contribution in [1.82, 2.24) is 5.32 Å². The minimum Gasteiger partial charge on any atom is -0.450 e. The first-order valence-corrected chi connectivity index (χ1v) is 10.2. The number of hydrogen-bond donors (Lipinski definition) is 1. The number of carbonyl (C=O) groups is 2. The van der Waals surface area contributed by atoms with Gasteiger partial charge in [0.15, 0.2) is 6.61 Å². The molecule has 0 saturated carbocycles. The molecule has 0 radical (unpaired) electrons. The number of nitrogens with one attached hydrogen (secondary N) is 1. The molecule has 0 aliphatic heterocycles. The Morgan fingerprint density at radius 1 is 1.07 bits per heavy atom. The van der Waals surface area contributed by atoms with Crippen molar-refractivity contribution in [3.05, 3.63) is 71.0 Å². The Labute approximate surface area is 176 Å². The Morgan fingerprint density at radius 3 is 2.50 bits per heavy atom. The first-order valence-electron chi connectivity index (χ1n) is 10.2. The summed E-state index contributed by atoms with van der Waals surface area (Å²) in [6, 6.07) is 15.2. The van der Waals surface area contributed by atoms with Crippen molar-refractivity contribution in [3.63, 3.8) is 0 Å². The molecule has 1 aromatic heterocycles. The van der Waals surface area contributed by atoms with Gasteiger partial charge in [-0.05, 0) is 37.5 Å². The van der Waals surface area contributed by atoms with Gasteiger partial charge in [0.2, 0.25) is 5.76 Å². The summed E-state index contributed by atoms with van der Waals surface area (Å²) in [7, 11) is 0. The van der Waals surface area contributed by atoms with Gasteiger partial charge in [0, 0.05) is 17.6 Å². The fraction of sp³-hybridized carbons (Fsp3) is 0.333. The van der Waals surface area contributed by atoms with Crippen LogP contribution in [0.3, 0.4) is 0 Å². The Hall–Kier alpha value is -3.12. The van der Waals surface area contributed by atoms with Crippen LogP contribution >= 0.6 is 0 Å². The summed E-state index contributed by atoms with van der Waals surface area (Å²) in [5, 5.41) is 3.64. The van der Waals surface area contributed by atoms with Crippen LogP contribution in [0, 0.1) is 0 Å². The van der Waals surface area contributed by atoms with Crippen molar-refractivity contribution in [3.8, 4) is 0 Å². The molecule has 0 saturated heterocycles. The van der Waals surface area contributed by atoms with Gasteiger partial charge in [0.05, 0.1) is 12.6 Å². The molecule has 30 heavy (non-hydrogen) atoms. The second-order valence-electron chi connectivity index (χ2n) is 7.00. The molecule has 158 valence electrons. The standard InChI is InChI=1S/C24H27NO5/c1-4-17-10-12-18(13-11-17)16(3)25-22(26)15-29-24(27)23-20(14-28-5-2)19-8-6-7-9-21(19)30-23/h6-13,16H,4-5,14-15H2,1-3H3,(H,25,26)/t16-/m1/s1. The first kappa shape index (κ1) is 21.6. The van der Waals surface area contributed by atoms with E-state index in [1.807, 2.05) is 56.3 Å². The molecule has 0 aliphatic carbocycles. The minimum atomic E-state index is -0.684. The normalized spacial score (nSPS) is 12.0. The van der Waals surface area contributed by atoms with Crippen molar-refractivity contribution in [1.29, 1.82) is 0 Å². The maximum Gasteiger partial charge on any atom is 0.375 e. The number of benzene rings is 2. The number of carbonyl (C=O) groups excluding carboxylic acids is 2. The third-order valence-corrected chi connectivity index (χ3v) is 4.93. The van der Waals surface area contributed by atoms with Crippen molar-refractivity contribution in [2.45, 2.75) is 39.8 Å². The van der Waals surface area contributed by atoms with Crippen molar-refractivity contribution < 1.29 is 23.5 Å². The number of rotatable bonds is 9. The fourth-order valence-corrected chi connectivity index (χ4v) is 3.22. The van der Waals surface area contributed by atoms with E-state index in [-0.39, 0.29) is 30.9 Å². The van der Waals surface area contributed by atoms with E-state index in [9.17, 15) is 9.59 Å². The van der Waals surface area contributed by atoms with Gasteiger partial charge in [-0.25, -0.2) is 4.79 Å². The van der Waals surface area contributed by atoms with E-state index in [1.165, 1.54) is 5.56 Å². The van der Waals surface area contributed by atoms with E-state index >= 15 is 0 Å². The lowest BCUT2D eigenvalue weighted by Gasteiger charge is -2.15. The Bertz CT molecular complexity index is 1010.